The minimum atomic E-state index is -0.710. The van der Waals surface area contributed by atoms with Gasteiger partial charge < -0.3 is 30.7 Å². The van der Waals surface area contributed by atoms with Crippen LogP contribution in [0.1, 0.15) is 55.8 Å². The van der Waals surface area contributed by atoms with Gasteiger partial charge in [-0.3, -0.25) is 4.79 Å². The molecule has 204 valence electrons. The molecule has 0 aliphatic carbocycles. The van der Waals surface area contributed by atoms with Gasteiger partial charge in [0.25, 0.3) is 0 Å². The number of phenols is 2. The fraction of sp³-hybridized carbons (Fsp3) is 0.387. The number of aryl methyl sites for hydroxylation is 1. The largest absolute Gasteiger partial charge is 0.508 e. The van der Waals surface area contributed by atoms with Crippen molar-refractivity contribution in [3.63, 3.8) is 0 Å². The van der Waals surface area contributed by atoms with E-state index in [4.69, 9.17) is 4.74 Å². The number of amides is 1. The highest BCUT2D eigenvalue weighted by molar-refractivity contribution is 5.75. The molecule has 0 bridgehead atoms. The summed E-state index contributed by atoms with van der Waals surface area (Å²) in [5, 5.41) is 35.4. The Kier molecular flexibility index (Phi) is 12.6. The molecular weight excluding hydrogens is 480 g/mol. The third kappa shape index (κ3) is 10.2. The molecule has 0 radical (unpaired) electrons. The number of aliphatic hydroxyl groups is 1. The summed E-state index contributed by atoms with van der Waals surface area (Å²) in [6, 6.07) is 20.5. The first-order chi connectivity index (χ1) is 18.6. The molecule has 3 rings (SSSR count). The summed E-state index contributed by atoms with van der Waals surface area (Å²) in [6.45, 7) is 2.81. The molecule has 1 atom stereocenters. The van der Waals surface area contributed by atoms with Crippen molar-refractivity contribution in [3.8, 4) is 22.6 Å². The zero-order chi connectivity index (χ0) is 27.0. The number of carbonyl (C=O) groups excluding carboxylic acids is 1. The molecule has 3 aromatic carbocycles. The van der Waals surface area contributed by atoms with Crippen molar-refractivity contribution in [2.75, 3.05) is 31.6 Å². The Morgan fingerprint density at radius 3 is 2.34 bits per heavy atom. The lowest BCUT2D eigenvalue weighted by atomic mass is 10.0. The lowest BCUT2D eigenvalue weighted by Gasteiger charge is -2.14. The van der Waals surface area contributed by atoms with Crippen LogP contribution in [0.4, 0.5) is 5.69 Å². The first kappa shape index (κ1) is 29.2. The maximum Gasteiger partial charge on any atom is 0.211 e. The summed E-state index contributed by atoms with van der Waals surface area (Å²) in [5.41, 5.74) is 4.38. The molecule has 1 unspecified atom stereocenters. The highest BCUT2D eigenvalue weighted by atomic mass is 16.5. The smallest absolute Gasteiger partial charge is 0.211 e. The van der Waals surface area contributed by atoms with Gasteiger partial charge in [0, 0.05) is 19.8 Å². The number of phenolic OH excluding ortho intramolecular Hbond substituents is 2. The number of aliphatic hydroxyl groups excluding tert-OH is 1. The van der Waals surface area contributed by atoms with Gasteiger partial charge in [-0.2, -0.15) is 0 Å². The van der Waals surface area contributed by atoms with Crippen molar-refractivity contribution >= 4 is 12.1 Å². The average molecular weight is 521 g/mol. The monoisotopic (exact) mass is 520 g/mol. The van der Waals surface area contributed by atoms with Gasteiger partial charge >= 0.3 is 0 Å². The normalized spacial score (nSPS) is 11.8. The van der Waals surface area contributed by atoms with Gasteiger partial charge in [-0.15, -0.1) is 0 Å². The lowest BCUT2D eigenvalue weighted by molar-refractivity contribution is -0.105. The fourth-order valence-corrected chi connectivity index (χ4v) is 4.33. The van der Waals surface area contributed by atoms with E-state index in [2.05, 4.69) is 34.9 Å². The number of ether oxygens (including phenoxy) is 1. The van der Waals surface area contributed by atoms with Crippen LogP contribution in [0.25, 0.3) is 11.1 Å². The molecule has 38 heavy (non-hydrogen) atoms. The minimum absolute atomic E-state index is 0.0297. The predicted molar refractivity (Wildman–Crippen MR) is 151 cm³/mol. The van der Waals surface area contributed by atoms with Crippen molar-refractivity contribution in [2.24, 2.45) is 0 Å². The molecule has 0 saturated heterocycles. The van der Waals surface area contributed by atoms with Crippen LogP contribution in [-0.2, 0) is 16.0 Å². The lowest BCUT2D eigenvalue weighted by Crippen LogP contribution is -2.22. The second kappa shape index (κ2) is 16.5. The summed E-state index contributed by atoms with van der Waals surface area (Å²) in [5.74, 6) is 0.256. The van der Waals surface area contributed by atoms with Gasteiger partial charge in [-0.1, -0.05) is 55.3 Å². The van der Waals surface area contributed by atoms with Crippen molar-refractivity contribution in [2.45, 2.75) is 51.0 Å². The van der Waals surface area contributed by atoms with Gasteiger partial charge in [0.1, 0.15) is 11.5 Å². The Bertz CT molecular complexity index is 1120. The fourth-order valence-electron chi connectivity index (χ4n) is 4.33. The first-order valence-electron chi connectivity index (χ1n) is 13.4. The van der Waals surface area contributed by atoms with Crippen molar-refractivity contribution in [1.82, 2.24) is 5.32 Å². The molecule has 7 nitrogen and oxygen atoms in total. The van der Waals surface area contributed by atoms with Crippen LogP contribution in [0.5, 0.6) is 11.5 Å². The van der Waals surface area contributed by atoms with E-state index in [9.17, 15) is 20.1 Å². The highest BCUT2D eigenvalue weighted by Crippen LogP contribution is 2.27. The SMILES string of the molecule is O=CNc1cc(C(O)CNCCCCCCOCCCCc2cccc(-c3cccc(O)c3)c2)ccc1O. The van der Waals surface area contributed by atoms with E-state index >= 15 is 0 Å². The number of anilines is 1. The summed E-state index contributed by atoms with van der Waals surface area (Å²) in [6.07, 6.45) is 7.22. The van der Waals surface area contributed by atoms with Crippen LogP contribution in [0.15, 0.2) is 66.7 Å². The van der Waals surface area contributed by atoms with Crippen molar-refractivity contribution in [3.05, 3.63) is 77.9 Å². The van der Waals surface area contributed by atoms with Crippen LogP contribution in [0.2, 0.25) is 0 Å². The minimum Gasteiger partial charge on any atom is -0.508 e. The summed E-state index contributed by atoms with van der Waals surface area (Å²) >= 11 is 0. The Labute approximate surface area is 225 Å². The number of nitrogens with one attached hydrogen (secondary N) is 2. The molecule has 0 aliphatic rings. The van der Waals surface area contributed by atoms with E-state index in [-0.39, 0.29) is 17.2 Å². The van der Waals surface area contributed by atoms with Crippen LogP contribution < -0.4 is 10.6 Å². The number of hydrogen-bond donors (Lipinski definition) is 5. The Balaban J connectivity index is 1.17. The maximum atomic E-state index is 10.6. The molecule has 0 aliphatic heterocycles. The van der Waals surface area contributed by atoms with Crippen molar-refractivity contribution < 1.29 is 24.9 Å². The number of aromatic hydroxyl groups is 2. The van der Waals surface area contributed by atoms with Gasteiger partial charge in [-0.05, 0) is 85.2 Å². The number of carbonyl (C=O) groups is 1. The van der Waals surface area contributed by atoms with Crippen LogP contribution >= 0.6 is 0 Å². The third-order valence-electron chi connectivity index (χ3n) is 6.46. The van der Waals surface area contributed by atoms with Gasteiger partial charge in [0.2, 0.25) is 6.41 Å². The summed E-state index contributed by atoms with van der Waals surface area (Å²) in [7, 11) is 0. The molecule has 5 N–H and O–H groups in total. The molecule has 1 amide bonds. The molecular formula is C31H40N2O5. The standard InChI is InChI=1S/C31H40N2O5/c34-23-33-29-21-27(14-15-30(29)36)31(37)22-32-16-4-1-2-5-17-38-18-6-3-9-24-10-7-11-25(19-24)26-12-8-13-28(35)20-26/h7-8,10-15,19-21,23,31-32,35-37H,1-6,9,16-18,22H2,(H,33,34). The van der Waals surface area contributed by atoms with Crippen molar-refractivity contribution in [1.29, 1.82) is 0 Å². The number of rotatable bonds is 18. The first-order valence-corrected chi connectivity index (χ1v) is 13.4. The van der Waals surface area contributed by atoms with Gasteiger partial charge in [-0.25, -0.2) is 0 Å². The number of hydrogen-bond acceptors (Lipinski definition) is 6. The summed E-state index contributed by atoms with van der Waals surface area (Å²) in [4.78, 5) is 10.6. The van der Waals surface area contributed by atoms with E-state index in [1.807, 2.05) is 12.1 Å². The zero-order valence-corrected chi connectivity index (χ0v) is 21.9. The van der Waals surface area contributed by atoms with Crippen LogP contribution in [-0.4, -0.2) is 48.0 Å². The second-order valence-electron chi connectivity index (χ2n) is 9.49. The molecule has 0 spiro atoms. The second-order valence-corrected chi connectivity index (χ2v) is 9.49. The third-order valence-corrected chi connectivity index (χ3v) is 6.46. The molecule has 7 heteroatoms. The molecule has 0 saturated carbocycles. The topological polar surface area (TPSA) is 111 Å². The van der Waals surface area contributed by atoms with Gasteiger partial charge in [0.05, 0.1) is 11.8 Å². The quantitative estimate of drug-likeness (QED) is 0.0854. The van der Waals surface area contributed by atoms with E-state index in [0.717, 1.165) is 75.8 Å². The molecule has 0 fully saturated rings. The maximum absolute atomic E-state index is 10.6. The molecule has 0 heterocycles. The molecule has 3 aromatic rings. The Morgan fingerprint density at radius 1 is 0.816 bits per heavy atom. The van der Waals surface area contributed by atoms with E-state index in [1.165, 1.54) is 11.6 Å². The van der Waals surface area contributed by atoms with Gasteiger partial charge in [0.15, 0.2) is 0 Å². The van der Waals surface area contributed by atoms with E-state index in [0.29, 0.717) is 18.5 Å². The van der Waals surface area contributed by atoms with Crippen LogP contribution in [0.3, 0.4) is 0 Å². The Hall–Kier alpha value is -3.39. The molecule has 0 aromatic heterocycles. The average Bonchev–Trinajstić information content (AvgIpc) is 2.92. The summed E-state index contributed by atoms with van der Waals surface area (Å²) < 4.78 is 5.80. The van der Waals surface area contributed by atoms with E-state index < -0.39 is 6.10 Å². The highest BCUT2D eigenvalue weighted by Gasteiger charge is 2.10. The van der Waals surface area contributed by atoms with E-state index in [1.54, 1.807) is 24.3 Å². The number of unbranched alkanes of at least 4 members (excludes halogenated alkanes) is 4. The zero-order valence-electron chi connectivity index (χ0n) is 21.9. The predicted octanol–water partition coefficient (Wildman–Crippen LogP) is 5.56. The van der Waals surface area contributed by atoms with Crippen LogP contribution in [0, 0.1) is 0 Å². The Morgan fingerprint density at radius 2 is 1.55 bits per heavy atom. The number of benzene rings is 3.